The van der Waals surface area contributed by atoms with Crippen LogP contribution in [0.2, 0.25) is 0 Å². The molecule has 0 amide bonds. The Balaban J connectivity index is 2.22. The van der Waals surface area contributed by atoms with Crippen molar-refractivity contribution in [2.75, 3.05) is 18.5 Å². The molecule has 0 aliphatic rings. The lowest BCUT2D eigenvalue weighted by Crippen LogP contribution is -2.16. The van der Waals surface area contributed by atoms with Gasteiger partial charge in [-0.3, -0.25) is 4.79 Å². The molecule has 24 heavy (non-hydrogen) atoms. The number of hydrogen-bond donors (Lipinski definition) is 2. The van der Waals surface area contributed by atoms with Gasteiger partial charge in [0, 0.05) is 18.3 Å². The Hall–Kier alpha value is -3.29. The summed E-state index contributed by atoms with van der Waals surface area (Å²) < 4.78 is 0. The first kappa shape index (κ1) is 17.1. The Morgan fingerprint density at radius 1 is 1.29 bits per heavy atom. The van der Waals surface area contributed by atoms with Gasteiger partial charge >= 0.3 is 0 Å². The number of rotatable bonds is 6. The summed E-state index contributed by atoms with van der Waals surface area (Å²) in [6.07, 6.45) is 7.40. The van der Waals surface area contributed by atoms with E-state index in [4.69, 9.17) is 11.5 Å². The van der Waals surface area contributed by atoms with Gasteiger partial charge in [-0.05, 0) is 13.0 Å². The minimum atomic E-state index is 0.0675. The van der Waals surface area contributed by atoms with Gasteiger partial charge in [0.05, 0.1) is 18.4 Å². The Bertz CT molecular complexity index is 832. The van der Waals surface area contributed by atoms with Crippen LogP contribution in [0.4, 0.5) is 11.8 Å². The van der Waals surface area contributed by atoms with E-state index in [0.29, 0.717) is 29.0 Å². The number of hydrogen-bond acceptors (Lipinski definition) is 8. The Labute approximate surface area is 139 Å². The molecule has 0 fully saturated rings. The van der Waals surface area contributed by atoms with E-state index in [1.807, 2.05) is 24.9 Å². The van der Waals surface area contributed by atoms with Gasteiger partial charge in [0.2, 0.25) is 5.95 Å². The molecule has 2 aromatic heterocycles. The van der Waals surface area contributed by atoms with Gasteiger partial charge in [0.25, 0.3) is 0 Å². The minimum absolute atomic E-state index is 0.0675. The van der Waals surface area contributed by atoms with Crippen LogP contribution in [0, 0.1) is 0 Å². The molecule has 2 heterocycles. The summed E-state index contributed by atoms with van der Waals surface area (Å²) in [6, 6.07) is 0. The molecule has 8 nitrogen and oxygen atoms in total. The lowest BCUT2D eigenvalue weighted by Gasteiger charge is -2.19. The summed E-state index contributed by atoms with van der Waals surface area (Å²) in [5.74, 6) is 0.268. The number of anilines is 2. The molecule has 0 aliphatic carbocycles. The lowest BCUT2D eigenvalue weighted by molar-refractivity contribution is -0.104. The highest BCUT2D eigenvalue weighted by Crippen LogP contribution is 2.16. The van der Waals surface area contributed by atoms with E-state index in [1.165, 1.54) is 6.08 Å². The smallest absolute Gasteiger partial charge is 0.224 e. The number of fused-ring (bicyclic) bond motifs is 1. The van der Waals surface area contributed by atoms with Crippen LogP contribution in [0.25, 0.3) is 11.2 Å². The first-order valence-electron chi connectivity index (χ1n) is 7.16. The zero-order valence-electron chi connectivity index (χ0n) is 13.6. The Morgan fingerprint density at radius 2 is 2.04 bits per heavy atom. The largest absolute Gasteiger partial charge is 0.382 e. The zero-order chi connectivity index (χ0) is 17.7. The lowest BCUT2D eigenvalue weighted by atomic mass is 10.2. The number of aldehydes is 1. The quantitative estimate of drug-likeness (QED) is 0.461. The SMILES string of the molecule is C=C/C(C=O)=C\C=C(/C)N(C)Cc1cnc2nc(N)nc(N)c2n1. The van der Waals surface area contributed by atoms with Crippen LogP contribution >= 0.6 is 0 Å². The fourth-order valence-electron chi connectivity index (χ4n) is 1.93. The first-order chi connectivity index (χ1) is 11.4. The van der Waals surface area contributed by atoms with E-state index in [-0.39, 0.29) is 11.8 Å². The van der Waals surface area contributed by atoms with Crippen molar-refractivity contribution in [2.24, 2.45) is 0 Å². The van der Waals surface area contributed by atoms with Gasteiger partial charge in [-0.15, -0.1) is 0 Å². The topological polar surface area (TPSA) is 124 Å². The maximum atomic E-state index is 10.8. The molecule has 0 aliphatic heterocycles. The summed E-state index contributed by atoms with van der Waals surface area (Å²) >= 11 is 0. The predicted octanol–water partition coefficient (Wildman–Crippen LogP) is 1.23. The molecule has 2 aromatic rings. The molecule has 0 bridgehead atoms. The van der Waals surface area contributed by atoms with E-state index in [1.54, 1.807) is 12.3 Å². The van der Waals surface area contributed by atoms with Crippen LogP contribution in [0.3, 0.4) is 0 Å². The highest BCUT2D eigenvalue weighted by atomic mass is 16.1. The second-order valence-electron chi connectivity index (χ2n) is 5.15. The van der Waals surface area contributed by atoms with Crippen LogP contribution < -0.4 is 11.5 Å². The average Bonchev–Trinajstić information content (AvgIpc) is 2.56. The molecule has 0 atom stereocenters. The molecule has 0 saturated carbocycles. The van der Waals surface area contributed by atoms with E-state index >= 15 is 0 Å². The number of allylic oxidation sites excluding steroid dienone is 5. The van der Waals surface area contributed by atoms with Crippen molar-refractivity contribution >= 4 is 29.2 Å². The molecule has 0 unspecified atom stereocenters. The first-order valence-corrected chi connectivity index (χ1v) is 7.16. The number of carbonyl (C=O) groups is 1. The van der Waals surface area contributed by atoms with Crippen LogP contribution in [0.15, 0.2) is 42.3 Å². The number of nitrogen functional groups attached to an aromatic ring is 2. The van der Waals surface area contributed by atoms with Crippen molar-refractivity contribution < 1.29 is 4.79 Å². The van der Waals surface area contributed by atoms with Gasteiger partial charge in [0.15, 0.2) is 17.0 Å². The number of carbonyl (C=O) groups excluding carboxylic acids is 1. The van der Waals surface area contributed by atoms with Crippen LogP contribution in [0.5, 0.6) is 0 Å². The standard InChI is InChI=1S/C16H19N7O/c1-4-11(9-24)6-5-10(2)23(3)8-12-7-19-15-13(20-12)14(17)21-16(18)22-15/h4-7,9H,1,8H2,2-3H3,(H4,17,18,19,21,22)/b10-5+,11-6+. The number of nitrogens with two attached hydrogens (primary N) is 2. The monoisotopic (exact) mass is 325 g/mol. The maximum Gasteiger partial charge on any atom is 0.224 e. The summed E-state index contributed by atoms with van der Waals surface area (Å²) in [5.41, 5.74) is 14.3. The van der Waals surface area contributed by atoms with E-state index < -0.39 is 0 Å². The van der Waals surface area contributed by atoms with Crippen LogP contribution in [-0.4, -0.2) is 38.2 Å². The molecule has 2 rings (SSSR count). The van der Waals surface area contributed by atoms with Crippen LogP contribution in [-0.2, 0) is 11.3 Å². The van der Waals surface area contributed by atoms with Gasteiger partial charge < -0.3 is 16.4 Å². The van der Waals surface area contributed by atoms with Gasteiger partial charge in [0.1, 0.15) is 6.29 Å². The van der Waals surface area contributed by atoms with Crippen molar-refractivity contribution in [1.82, 2.24) is 24.8 Å². The molecule has 4 N–H and O–H groups in total. The Morgan fingerprint density at radius 3 is 2.71 bits per heavy atom. The highest BCUT2D eigenvalue weighted by Gasteiger charge is 2.09. The predicted molar refractivity (Wildman–Crippen MR) is 93.5 cm³/mol. The molecular formula is C16H19N7O. The van der Waals surface area contributed by atoms with E-state index in [9.17, 15) is 4.79 Å². The fourth-order valence-corrected chi connectivity index (χ4v) is 1.93. The molecule has 0 radical (unpaired) electrons. The summed E-state index contributed by atoms with van der Waals surface area (Å²) in [5, 5.41) is 0. The molecule has 0 spiro atoms. The second-order valence-corrected chi connectivity index (χ2v) is 5.15. The fraction of sp³-hybridized carbons (Fsp3) is 0.188. The van der Waals surface area contributed by atoms with Crippen molar-refractivity contribution in [3.63, 3.8) is 0 Å². The Kier molecular flexibility index (Phi) is 5.20. The third-order valence-electron chi connectivity index (χ3n) is 3.39. The second kappa shape index (κ2) is 7.32. The minimum Gasteiger partial charge on any atom is -0.382 e. The molecule has 124 valence electrons. The van der Waals surface area contributed by atoms with Gasteiger partial charge in [-0.2, -0.15) is 9.97 Å². The maximum absolute atomic E-state index is 10.8. The zero-order valence-corrected chi connectivity index (χ0v) is 13.6. The van der Waals surface area contributed by atoms with Crippen molar-refractivity contribution in [3.8, 4) is 0 Å². The summed E-state index contributed by atoms with van der Waals surface area (Å²) in [6.45, 7) is 6.01. The normalized spacial score (nSPS) is 12.2. The van der Waals surface area contributed by atoms with Crippen molar-refractivity contribution in [1.29, 1.82) is 0 Å². The number of aromatic nitrogens is 4. The van der Waals surface area contributed by atoms with Gasteiger partial charge in [-0.1, -0.05) is 18.7 Å². The van der Waals surface area contributed by atoms with Gasteiger partial charge in [-0.25, -0.2) is 9.97 Å². The molecular weight excluding hydrogens is 306 g/mol. The highest BCUT2D eigenvalue weighted by molar-refractivity contribution is 5.81. The van der Waals surface area contributed by atoms with E-state index in [2.05, 4.69) is 26.5 Å². The molecule has 0 aromatic carbocycles. The third-order valence-corrected chi connectivity index (χ3v) is 3.39. The summed E-state index contributed by atoms with van der Waals surface area (Å²) in [4.78, 5) is 29.3. The third kappa shape index (κ3) is 3.92. The summed E-state index contributed by atoms with van der Waals surface area (Å²) in [7, 11) is 1.91. The average molecular weight is 325 g/mol. The molecule has 8 heteroatoms. The van der Waals surface area contributed by atoms with Crippen molar-refractivity contribution in [2.45, 2.75) is 13.5 Å². The number of nitrogens with zero attached hydrogens (tertiary/aromatic N) is 5. The van der Waals surface area contributed by atoms with Crippen molar-refractivity contribution in [3.05, 3.63) is 48.0 Å². The molecule has 0 saturated heterocycles. The van der Waals surface area contributed by atoms with E-state index in [0.717, 1.165) is 12.0 Å². The van der Waals surface area contributed by atoms with Crippen LogP contribution in [0.1, 0.15) is 12.6 Å².